The predicted molar refractivity (Wildman–Crippen MR) is 86.1 cm³/mol. The van der Waals surface area contributed by atoms with Gasteiger partial charge >= 0.3 is 6.36 Å². The van der Waals surface area contributed by atoms with E-state index in [1.54, 1.807) is 0 Å². The molecule has 2 rings (SSSR count). The van der Waals surface area contributed by atoms with Crippen molar-refractivity contribution in [2.24, 2.45) is 0 Å². The molecule has 0 bridgehead atoms. The van der Waals surface area contributed by atoms with Crippen molar-refractivity contribution in [3.63, 3.8) is 0 Å². The molecule has 1 aromatic rings. The van der Waals surface area contributed by atoms with E-state index in [-0.39, 0.29) is 30.6 Å². The summed E-state index contributed by atoms with van der Waals surface area (Å²) in [5, 5.41) is 6.02. The molecule has 24 heavy (non-hydrogen) atoms. The van der Waals surface area contributed by atoms with Crippen LogP contribution in [-0.4, -0.2) is 49.4 Å². The fraction of sp³-hybridized carbons (Fsp3) is 0.533. The minimum absolute atomic E-state index is 0. The fourth-order valence-corrected chi connectivity index (χ4v) is 2.37. The van der Waals surface area contributed by atoms with Gasteiger partial charge in [0.25, 0.3) is 0 Å². The quantitative estimate of drug-likeness (QED) is 0.835. The normalized spacial score (nSPS) is 18.6. The molecule has 1 aliphatic heterocycles. The van der Waals surface area contributed by atoms with Crippen molar-refractivity contribution in [2.45, 2.75) is 25.9 Å². The Morgan fingerprint density at radius 3 is 2.62 bits per heavy atom. The van der Waals surface area contributed by atoms with Crippen LogP contribution in [0.5, 0.6) is 5.75 Å². The van der Waals surface area contributed by atoms with Crippen LogP contribution in [0.1, 0.15) is 12.5 Å². The van der Waals surface area contributed by atoms with Crippen LogP contribution in [0.25, 0.3) is 0 Å². The van der Waals surface area contributed by atoms with Crippen molar-refractivity contribution in [3.05, 3.63) is 29.8 Å². The number of hydrogen-bond donors (Lipinski definition) is 2. The molecule has 1 fully saturated rings. The molecule has 1 aliphatic rings. The second-order valence-corrected chi connectivity index (χ2v) is 5.49. The van der Waals surface area contributed by atoms with E-state index < -0.39 is 6.36 Å². The Balaban J connectivity index is 0.00000288. The van der Waals surface area contributed by atoms with Gasteiger partial charge in [0, 0.05) is 32.2 Å². The Morgan fingerprint density at radius 2 is 2.04 bits per heavy atom. The minimum Gasteiger partial charge on any atom is -0.406 e. The van der Waals surface area contributed by atoms with Gasteiger partial charge in [0.2, 0.25) is 5.91 Å². The number of hydrogen-bond acceptors (Lipinski definition) is 4. The number of ether oxygens (including phenoxy) is 1. The molecule has 1 amide bonds. The number of alkyl halides is 3. The smallest absolute Gasteiger partial charge is 0.406 e. The molecule has 0 aromatic heterocycles. The Labute approximate surface area is 144 Å². The molecule has 0 spiro atoms. The predicted octanol–water partition coefficient (Wildman–Crippen LogP) is 1.92. The first-order chi connectivity index (χ1) is 10.8. The maximum atomic E-state index is 12.1. The molecule has 5 nitrogen and oxygen atoms in total. The summed E-state index contributed by atoms with van der Waals surface area (Å²) in [6.45, 7) is 5.17. The van der Waals surface area contributed by atoms with Crippen LogP contribution in [0.15, 0.2) is 24.3 Å². The van der Waals surface area contributed by atoms with Crippen molar-refractivity contribution < 1.29 is 22.7 Å². The first-order valence-corrected chi connectivity index (χ1v) is 7.39. The van der Waals surface area contributed by atoms with Gasteiger partial charge in [-0.15, -0.1) is 25.6 Å². The number of carbonyl (C=O) groups excluding carboxylic acids is 1. The third kappa shape index (κ3) is 6.94. The molecule has 1 heterocycles. The standard InChI is InChI=1S/C15H20F3N3O2.ClH/c1-11-8-19-6-7-21(11)10-14(22)20-9-12-2-4-13(5-3-12)23-15(16,17)18;/h2-5,11,19H,6-10H2,1H3,(H,20,22);1H/t11-;/m1./s1. The number of piperazine rings is 1. The summed E-state index contributed by atoms with van der Waals surface area (Å²) in [6, 6.07) is 5.75. The van der Waals surface area contributed by atoms with Gasteiger partial charge in [0.15, 0.2) is 0 Å². The zero-order valence-electron chi connectivity index (χ0n) is 13.2. The molecule has 136 valence electrons. The summed E-state index contributed by atoms with van der Waals surface area (Å²) >= 11 is 0. The Bertz CT molecular complexity index is 526. The largest absolute Gasteiger partial charge is 0.573 e. The molecule has 0 aliphatic carbocycles. The second kappa shape index (κ2) is 9.10. The van der Waals surface area contributed by atoms with Crippen LogP contribution < -0.4 is 15.4 Å². The average Bonchev–Trinajstić information content (AvgIpc) is 2.47. The Morgan fingerprint density at radius 1 is 1.38 bits per heavy atom. The molecule has 2 N–H and O–H groups in total. The number of nitrogens with one attached hydrogen (secondary N) is 2. The lowest BCUT2D eigenvalue weighted by Crippen LogP contribution is -2.52. The number of nitrogens with zero attached hydrogens (tertiary/aromatic N) is 1. The Kier molecular flexibility index (Phi) is 7.78. The molecular weight excluding hydrogens is 347 g/mol. The van der Waals surface area contributed by atoms with Crippen LogP contribution in [0, 0.1) is 0 Å². The third-order valence-corrected chi connectivity index (χ3v) is 3.63. The van der Waals surface area contributed by atoms with Gasteiger partial charge < -0.3 is 15.4 Å². The number of halogens is 4. The van der Waals surface area contributed by atoms with Gasteiger partial charge in [0.05, 0.1) is 6.54 Å². The molecule has 9 heteroatoms. The monoisotopic (exact) mass is 367 g/mol. The third-order valence-electron chi connectivity index (χ3n) is 3.63. The highest BCUT2D eigenvalue weighted by Gasteiger charge is 2.30. The van der Waals surface area contributed by atoms with Crippen LogP contribution in [0.3, 0.4) is 0 Å². The maximum Gasteiger partial charge on any atom is 0.573 e. The zero-order chi connectivity index (χ0) is 16.9. The molecule has 0 radical (unpaired) electrons. The average molecular weight is 368 g/mol. The molecule has 0 saturated carbocycles. The van der Waals surface area contributed by atoms with Crippen LogP contribution in [0.2, 0.25) is 0 Å². The van der Waals surface area contributed by atoms with E-state index in [2.05, 4.69) is 27.2 Å². The number of amides is 1. The highest BCUT2D eigenvalue weighted by atomic mass is 35.5. The van der Waals surface area contributed by atoms with Crippen molar-refractivity contribution in [1.82, 2.24) is 15.5 Å². The van der Waals surface area contributed by atoms with Crippen LogP contribution in [-0.2, 0) is 11.3 Å². The minimum atomic E-state index is -4.70. The second-order valence-electron chi connectivity index (χ2n) is 5.49. The summed E-state index contributed by atoms with van der Waals surface area (Å²) in [5.41, 5.74) is 0.709. The molecular formula is C15H21ClF3N3O2. The van der Waals surface area contributed by atoms with E-state index in [4.69, 9.17) is 0 Å². The molecule has 1 saturated heterocycles. The van der Waals surface area contributed by atoms with Crippen molar-refractivity contribution >= 4 is 18.3 Å². The topological polar surface area (TPSA) is 53.6 Å². The summed E-state index contributed by atoms with van der Waals surface area (Å²) < 4.78 is 40.0. The van der Waals surface area contributed by atoms with E-state index in [0.717, 1.165) is 19.6 Å². The summed E-state index contributed by atoms with van der Waals surface area (Å²) in [7, 11) is 0. The number of carbonyl (C=O) groups is 1. The van der Waals surface area contributed by atoms with E-state index >= 15 is 0 Å². The van der Waals surface area contributed by atoms with Gasteiger partial charge in [0.1, 0.15) is 5.75 Å². The summed E-state index contributed by atoms with van der Waals surface area (Å²) in [4.78, 5) is 14.0. The van der Waals surface area contributed by atoms with Crippen molar-refractivity contribution in [3.8, 4) is 5.75 Å². The lowest BCUT2D eigenvalue weighted by atomic mass is 10.2. The highest BCUT2D eigenvalue weighted by molar-refractivity contribution is 5.85. The van der Waals surface area contributed by atoms with Gasteiger partial charge in [-0.25, -0.2) is 0 Å². The van der Waals surface area contributed by atoms with Crippen LogP contribution >= 0.6 is 12.4 Å². The van der Waals surface area contributed by atoms with E-state index in [0.29, 0.717) is 18.2 Å². The summed E-state index contributed by atoms with van der Waals surface area (Å²) in [5.74, 6) is -0.378. The first-order valence-electron chi connectivity index (χ1n) is 7.39. The zero-order valence-corrected chi connectivity index (χ0v) is 14.0. The van der Waals surface area contributed by atoms with E-state index in [1.807, 2.05) is 0 Å². The summed E-state index contributed by atoms with van der Waals surface area (Å²) in [6.07, 6.45) is -4.70. The highest BCUT2D eigenvalue weighted by Crippen LogP contribution is 2.22. The fourth-order valence-electron chi connectivity index (χ4n) is 2.37. The Hall–Kier alpha value is -1.51. The molecule has 1 atom stereocenters. The van der Waals surface area contributed by atoms with Gasteiger partial charge in [-0.2, -0.15) is 0 Å². The lowest BCUT2D eigenvalue weighted by Gasteiger charge is -2.33. The van der Waals surface area contributed by atoms with E-state index in [9.17, 15) is 18.0 Å². The van der Waals surface area contributed by atoms with Gasteiger partial charge in [-0.3, -0.25) is 9.69 Å². The number of benzene rings is 1. The SMILES string of the molecule is C[C@@H]1CNCCN1CC(=O)NCc1ccc(OC(F)(F)F)cc1.Cl. The molecule has 1 aromatic carbocycles. The maximum absolute atomic E-state index is 12.1. The molecule has 0 unspecified atom stereocenters. The van der Waals surface area contributed by atoms with Crippen molar-refractivity contribution in [2.75, 3.05) is 26.2 Å². The lowest BCUT2D eigenvalue weighted by molar-refractivity contribution is -0.274. The van der Waals surface area contributed by atoms with Gasteiger partial charge in [-0.05, 0) is 24.6 Å². The first kappa shape index (κ1) is 20.5. The van der Waals surface area contributed by atoms with Crippen molar-refractivity contribution in [1.29, 1.82) is 0 Å². The van der Waals surface area contributed by atoms with E-state index in [1.165, 1.54) is 24.3 Å². The number of rotatable bonds is 5. The van der Waals surface area contributed by atoms with Crippen LogP contribution in [0.4, 0.5) is 13.2 Å². The van der Waals surface area contributed by atoms with Gasteiger partial charge in [-0.1, -0.05) is 12.1 Å².